The average molecular weight is 391 g/mol. The van der Waals surface area contributed by atoms with Crippen LogP contribution in [0.1, 0.15) is 125 Å². The number of carbonyl (C=O) groups is 1. The summed E-state index contributed by atoms with van der Waals surface area (Å²) in [7, 11) is 0. The Morgan fingerprint density at radius 3 is 2.21 bits per heavy atom. The molecule has 0 aromatic heterocycles. The molecular weight excluding hydrogens is 340 g/mol. The minimum Gasteiger partial charge on any atom is -0.303 e. The summed E-state index contributed by atoms with van der Waals surface area (Å²) >= 11 is 0. The molecule has 4 rings (SSSR count). The maximum absolute atomic E-state index is 10.7. The van der Waals surface area contributed by atoms with Crippen LogP contribution in [-0.4, -0.2) is 6.29 Å². The van der Waals surface area contributed by atoms with Gasteiger partial charge in [0.05, 0.1) is 0 Å². The Kier molecular flexibility index (Phi) is 9.09. The molecule has 28 heavy (non-hydrogen) atoms. The van der Waals surface area contributed by atoms with Crippen molar-refractivity contribution in [3.63, 3.8) is 0 Å². The molecule has 7 atom stereocenters. The first-order valence-electron chi connectivity index (χ1n) is 13.0. The maximum atomic E-state index is 10.7. The number of rotatable bonds is 4. The summed E-state index contributed by atoms with van der Waals surface area (Å²) in [6.45, 7) is 13.3. The second-order valence-electron chi connectivity index (χ2n) is 10.3. The van der Waals surface area contributed by atoms with Gasteiger partial charge in [0.1, 0.15) is 6.29 Å². The van der Waals surface area contributed by atoms with Gasteiger partial charge in [0.2, 0.25) is 0 Å². The topological polar surface area (TPSA) is 17.1 Å². The SMILES string of the molecule is CC.CC.CC12CCCCC1CCC1C2CCC2(C)C(CCCC=O)CCC12. The first-order valence-corrected chi connectivity index (χ1v) is 13.0. The molecule has 0 aromatic rings. The number of carbonyl (C=O) groups excluding carboxylic acids is 1. The fraction of sp³-hybridized carbons (Fsp3) is 0.963. The second kappa shape index (κ2) is 10.6. The van der Waals surface area contributed by atoms with Gasteiger partial charge in [-0.2, -0.15) is 0 Å². The number of fused-ring (bicyclic) bond motifs is 5. The van der Waals surface area contributed by atoms with E-state index in [1.807, 2.05) is 27.7 Å². The molecule has 0 amide bonds. The lowest BCUT2D eigenvalue weighted by Gasteiger charge is -2.60. The zero-order valence-electron chi connectivity index (χ0n) is 20.1. The average Bonchev–Trinajstić information content (AvgIpc) is 3.07. The van der Waals surface area contributed by atoms with Gasteiger partial charge in [-0.05, 0) is 105 Å². The summed E-state index contributed by atoms with van der Waals surface area (Å²) in [5.41, 5.74) is 1.28. The Morgan fingerprint density at radius 2 is 1.50 bits per heavy atom. The normalized spacial score (nSPS) is 43.9. The van der Waals surface area contributed by atoms with Crippen molar-refractivity contribution in [2.45, 2.75) is 125 Å². The van der Waals surface area contributed by atoms with Crippen molar-refractivity contribution < 1.29 is 4.79 Å². The highest BCUT2D eigenvalue weighted by atomic mass is 16.1. The summed E-state index contributed by atoms with van der Waals surface area (Å²) < 4.78 is 0. The van der Waals surface area contributed by atoms with Crippen LogP contribution in [0.5, 0.6) is 0 Å². The van der Waals surface area contributed by atoms with Crippen molar-refractivity contribution in [3.05, 3.63) is 0 Å². The van der Waals surface area contributed by atoms with Gasteiger partial charge in [-0.15, -0.1) is 0 Å². The molecule has 4 fully saturated rings. The summed E-state index contributed by atoms with van der Waals surface area (Å²) in [4.78, 5) is 10.7. The molecule has 1 heteroatoms. The third-order valence-corrected chi connectivity index (χ3v) is 9.65. The zero-order chi connectivity index (χ0) is 20.8. The summed E-state index contributed by atoms with van der Waals surface area (Å²) in [6, 6.07) is 0. The van der Waals surface area contributed by atoms with Gasteiger partial charge in [-0.1, -0.05) is 54.4 Å². The first-order chi connectivity index (χ1) is 13.6. The number of hydrogen-bond acceptors (Lipinski definition) is 1. The minimum absolute atomic E-state index is 0.599. The van der Waals surface area contributed by atoms with E-state index in [9.17, 15) is 4.79 Å². The van der Waals surface area contributed by atoms with Crippen molar-refractivity contribution in [3.8, 4) is 0 Å². The van der Waals surface area contributed by atoms with Crippen LogP contribution in [0.25, 0.3) is 0 Å². The molecule has 0 radical (unpaired) electrons. The molecule has 4 saturated carbocycles. The smallest absolute Gasteiger partial charge is 0.119 e. The third kappa shape index (κ3) is 4.24. The molecule has 0 spiro atoms. The highest BCUT2D eigenvalue weighted by Gasteiger charge is 2.59. The van der Waals surface area contributed by atoms with Gasteiger partial charge in [0, 0.05) is 6.42 Å². The van der Waals surface area contributed by atoms with Crippen molar-refractivity contribution in [2.24, 2.45) is 40.4 Å². The van der Waals surface area contributed by atoms with E-state index in [0.29, 0.717) is 10.8 Å². The Bertz CT molecular complexity index is 471. The highest BCUT2D eigenvalue weighted by Crippen LogP contribution is 2.67. The maximum Gasteiger partial charge on any atom is 0.119 e. The van der Waals surface area contributed by atoms with E-state index in [0.717, 1.165) is 48.7 Å². The summed E-state index contributed by atoms with van der Waals surface area (Å²) in [6.07, 6.45) is 19.4. The fourth-order valence-electron chi connectivity index (χ4n) is 8.33. The van der Waals surface area contributed by atoms with E-state index in [-0.39, 0.29) is 0 Å². The Hall–Kier alpha value is -0.330. The molecule has 0 aliphatic heterocycles. The minimum atomic E-state index is 0.599. The predicted molar refractivity (Wildman–Crippen MR) is 122 cm³/mol. The van der Waals surface area contributed by atoms with Crippen LogP contribution in [0.15, 0.2) is 0 Å². The third-order valence-electron chi connectivity index (χ3n) is 9.65. The van der Waals surface area contributed by atoms with Crippen LogP contribution >= 0.6 is 0 Å². The van der Waals surface area contributed by atoms with E-state index in [1.165, 1.54) is 70.6 Å². The molecule has 0 heterocycles. The largest absolute Gasteiger partial charge is 0.303 e. The van der Waals surface area contributed by atoms with Gasteiger partial charge >= 0.3 is 0 Å². The molecule has 7 unspecified atom stereocenters. The molecule has 164 valence electrons. The van der Waals surface area contributed by atoms with Crippen LogP contribution in [0.3, 0.4) is 0 Å². The number of hydrogen-bond donors (Lipinski definition) is 0. The summed E-state index contributed by atoms with van der Waals surface area (Å²) in [5.74, 6) is 5.00. The highest BCUT2D eigenvalue weighted by molar-refractivity contribution is 5.48. The lowest BCUT2D eigenvalue weighted by Crippen LogP contribution is -2.52. The molecule has 0 saturated heterocycles. The monoisotopic (exact) mass is 390 g/mol. The number of unbranched alkanes of at least 4 members (excludes halogenated alkanes) is 1. The van der Waals surface area contributed by atoms with Crippen molar-refractivity contribution in [2.75, 3.05) is 0 Å². The van der Waals surface area contributed by atoms with E-state index in [1.54, 1.807) is 0 Å². The quantitative estimate of drug-likeness (QED) is 0.347. The standard InChI is InChI=1S/C23H38O.2C2H6/c1-22-14-5-3-7-17(22)9-11-19-20-12-10-18(8-4-6-16-24)23(20,2)15-13-21(19)22;2*1-2/h16-21H,3-15H2,1-2H3;2*1-2H3. The van der Waals surface area contributed by atoms with Gasteiger partial charge in [-0.3, -0.25) is 0 Å². The van der Waals surface area contributed by atoms with Crippen molar-refractivity contribution in [1.82, 2.24) is 0 Å². The molecule has 4 aliphatic carbocycles. The second-order valence-corrected chi connectivity index (χ2v) is 10.3. The van der Waals surface area contributed by atoms with E-state index >= 15 is 0 Å². The van der Waals surface area contributed by atoms with Gasteiger partial charge < -0.3 is 4.79 Å². The summed E-state index contributed by atoms with van der Waals surface area (Å²) in [5, 5.41) is 0. The van der Waals surface area contributed by atoms with Gasteiger partial charge in [0.15, 0.2) is 0 Å². The van der Waals surface area contributed by atoms with E-state index in [4.69, 9.17) is 0 Å². The van der Waals surface area contributed by atoms with Crippen LogP contribution in [0.4, 0.5) is 0 Å². The van der Waals surface area contributed by atoms with Gasteiger partial charge in [0.25, 0.3) is 0 Å². The Balaban J connectivity index is 0.000000660. The lowest BCUT2D eigenvalue weighted by atomic mass is 9.45. The van der Waals surface area contributed by atoms with E-state index < -0.39 is 0 Å². The van der Waals surface area contributed by atoms with Crippen LogP contribution in [0, 0.1) is 40.4 Å². The van der Waals surface area contributed by atoms with Gasteiger partial charge in [-0.25, -0.2) is 0 Å². The van der Waals surface area contributed by atoms with E-state index in [2.05, 4.69) is 13.8 Å². The van der Waals surface area contributed by atoms with Crippen LogP contribution in [0.2, 0.25) is 0 Å². The predicted octanol–water partition coefficient (Wildman–Crippen LogP) is 8.46. The van der Waals surface area contributed by atoms with Crippen molar-refractivity contribution in [1.29, 1.82) is 0 Å². The van der Waals surface area contributed by atoms with Crippen LogP contribution < -0.4 is 0 Å². The zero-order valence-corrected chi connectivity index (χ0v) is 20.1. The Morgan fingerprint density at radius 1 is 0.786 bits per heavy atom. The molecule has 4 aliphatic rings. The number of aldehydes is 1. The molecular formula is C27H50O. The molecule has 0 aromatic carbocycles. The Labute approximate surface area is 176 Å². The van der Waals surface area contributed by atoms with Crippen molar-refractivity contribution >= 4 is 6.29 Å². The molecule has 0 N–H and O–H groups in total. The van der Waals surface area contributed by atoms with Crippen LogP contribution in [-0.2, 0) is 4.79 Å². The lowest BCUT2D eigenvalue weighted by molar-refractivity contribution is -0.112. The molecule has 1 nitrogen and oxygen atoms in total. The first kappa shape index (κ1) is 23.9. The molecule has 0 bridgehead atoms. The fourth-order valence-corrected chi connectivity index (χ4v) is 8.33.